The van der Waals surface area contributed by atoms with E-state index in [9.17, 15) is 0 Å². The minimum absolute atomic E-state index is 0.324. The lowest BCUT2D eigenvalue weighted by molar-refractivity contribution is 0.394. The van der Waals surface area contributed by atoms with Gasteiger partial charge in [0.25, 0.3) is 0 Å². The Bertz CT molecular complexity index is 438. The first-order valence-corrected chi connectivity index (χ1v) is 5.11. The van der Waals surface area contributed by atoms with Crippen LogP contribution in [-0.2, 0) is 0 Å². The van der Waals surface area contributed by atoms with Gasteiger partial charge in [-0.3, -0.25) is 5.43 Å². The first kappa shape index (κ1) is 12.8. The van der Waals surface area contributed by atoms with Gasteiger partial charge in [-0.25, -0.2) is 0 Å². The van der Waals surface area contributed by atoms with Gasteiger partial charge in [-0.15, -0.1) is 0 Å². The van der Waals surface area contributed by atoms with E-state index >= 15 is 0 Å². The third-order valence-corrected chi connectivity index (χ3v) is 2.11. The van der Waals surface area contributed by atoms with E-state index in [1.165, 1.54) is 0 Å². The second kappa shape index (κ2) is 6.38. The number of hydrazone groups is 1. The lowest BCUT2D eigenvalue weighted by Crippen LogP contribution is -2.18. The van der Waals surface area contributed by atoms with Crippen LogP contribution in [0, 0.1) is 11.3 Å². The van der Waals surface area contributed by atoms with Crippen molar-refractivity contribution >= 4 is 6.21 Å². The molecule has 5 nitrogen and oxygen atoms in total. The van der Waals surface area contributed by atoms with Crippen molar-refractivity contribution < 1.29 is 9.47 Å². The Labute approximate surface area is 101 Å². The lowest BCUT2D eigenvalue weighted by atomic mass is 10.2. The van der Waals surface area contributed by atoms with Crippen LogP contribution in [0.5, 0.6) is 11.5 Å². The van der Waals surface area contributed by atoms with Crippen LogP contribution in [-0.4, -0.2) is 26.5 Å². The number of nitrogens with zero attached hydrogens (tertiary/aromatic N) is 2. The van der Waals surface area contributed by atoms with Gasteiger partial charge in [0.1, 0.15) is 17.5 Å². The Morgan fingerprint density at radius 2 is 2.18 bits per heavy atom. The maximum absolute atomic E-state index is 8.57. The van der Waals surface area contributed by atoms with Gasteiger partial charge in [0, 0.05) is 11.6 Å². The van der Waals surface area contributed by atoms with Crippen LogP contribution < -0.4 is 14.9 Å². The molecule has 1 aromatic rings. The summed E-state index contributed by atoms with van der Waals surface area (Å²) in [5.41, 5.74) is 3.49. The van der Waals surface area contributed by atoms with Gasteiger partial charge in [-0.1, -0.05) is 0 Å². The minimum atomic E-state index is -0.324. The molecule has 0 heterocycles. The molecule has 0 fully saturated rings. The normalized spacial score (nSPS) is 11.9. The molecule has 1 unspecified atom stereocenters. The van der Waals surface area contributed by atoms with Gasteiger partial charge in [-0.2, -0.15) is 10.4 Å². The van der Waals surface area contributed by atoms with Gasteiger partial charge in [0.05, 0.1) is 26.5 Å². The Kier molecular flexibility index (Phi) is 4.82. The van der Waals surface area contributed by atoms with Crippen LogP contribution >= 0.6 is 0 Å². The van der Waals surface area contributed by atoms with Crippen LogP contribution in [0.4, 0.5) is 0 Å². The van der Waals surface area contributed by atoms with Crippen LogP contribution in [0.15, 0.2) is 23.3 Å². The predicted octanol–water partition coefficient (Wildman–Crippen LogP) is 1.54. The predicted molar refractivity (Wildman–Crippen MR) is 65.4 cm³/mol. The highest BCUT2D eigenvalue weighted by Crippen LogP contribution is 2.22. The number of hydrogen-bond acceptors (Lipinski definition) is 5. The molecule has 5 heteroatoms. The Hall–Kier alpha value is -2.22. The topological polar surface area (TPSA) is 66.6 Å². The molecule has 0 aliphatic carbocycles. The highest BCUT2D eigenvalue weighted by molar-refractivity contribution is 5.83. The van der Waals surface area contributed by atoms with Crippen molar-refractivity contribution in [1.82, 2.24) is 5.43 Å². The fourth-order valence-corrected chi connectivity index (χ4v) is 1.17. The SMILES string of the molecule is COc1ccc(C=NNC(C)C#N)c(OC)c1. The van der Waals surface area contributed by atoms with E-state index in [2.05, 4.69) is 10.5 Å². The van der Waals surface area contributed by atoms with Crippen molar-refractivity contribution in [2.45, 2.75) is 13.0 Å². The lowest BCUT2D eigenvalue weighted by Gasteiger charge is -2.07. The smallest absolute Gasteiger partial charge is 0.131 e. The Balaban J connectivity index is 2.80. The van der Waals surface area contributed by atoms with Gasteiger partial charge >= 0.3 is 0 Å². The van der Waals surface area contributed by atoms with Crippen molar-refractivity contribution in [3.05, 3.63) is 23.8 Å². The van der Waals surface area contributed by atoms with Crippen molar-refractivity contribution in [2.24, 2.45) is 5.10 Å². The van der Waals surface area contributed by atoms with E-state index in [-0.39, 0.29) is 6.04 Å². The number of methoxy groups -OCH3 is 2. The summed E-state index contributed by atoms with van der Waals surface area (Å²) < 4.78 is 10.3. The molecule has 0 aromatic heterocycles. The number of nitriles is 1. The number of benzene rings is 1. The summed E-state index contributed by atoms with van der Waals surface area (Å²) in [7, 11) is 3.18. The summed E-state index contributed by atoms with van der Waals surface area (Å²) in [4.78, 5) is 0. The van der Waals surface area contributed by atoms with Crippen LogP contribution in [0.3, 0.4) is 0 Å². The number of hydrogen-bond donors (Lipinski definition) is 1. The summed E-state index contributed by atoms with van der Waals surface area (Å²) in [6.07, 6.45) is 1.60. The second-order valence-corrected chi connectivity index (χ2v) is 3.35. The fraction of sp³-hybridized carbons (Fsp3) is 0.333. The summed E-state index contributed by atoms with van der Waals surface area (Å²) in [6.45, 7) is 1.72. The molecule has 0 saturated heterocycles. The van der Waals surface area contributed by atoms with Crippen LogP contribution in [0.2, 0.25) is 0 Å². The van der Waals surface area contributed by atoms with Gasteiger partial charge in [0.2, 0.25) is 0 Å². The monoisotopic (exact) mass is 233 g/mol. The van der Waals surface area contributed by atoms with E-state index in [0.717, 1.165) is 11.3 Å². The van der Waals surface area contributed by atoms with Crippen LogP contribution in [0.25, 0.3) is 0 Å². The first-order chi connectivity index (χ1) is 8.21. The zero-order valence-corrected chi connectivity index (χ0v) is 10.1. The van der Waals surface area contributed by atoms with Crippen LogP contribution in [0.1, 0.15) is 12.5 Å². The molecule has 0 saturated carbocycles. The van der Waals surface area contributed by atoms with Crippen molar-refractivity contribution in [3.63, 3.8) is 0 Å². The average Bonchev–Trinajstić information content (AvgIpc) is 2.38. The van der Waals surface area contributed by atoms with E-state index < -0.39 is 0 Å². The van der Waals surface area contributed by atoms with Crippen molar-refractivity contribution in [2.75, 3.05) is 14.2 Å². The van der Waals surface area contributed by atoms with Gasteiger partial charge in [-0.05, 0) is 19.1 Å². The largest absolute Gasteiger partial charge is 0.497 e. The quantitative estimate of drug-likeness (QED) is 0.618. The highest BCUT2D eigenvalue weighted by Gasteiger charge is 2.02. The molecule has 17 heavy (non-hydrogen) atoms. The molecule has 0 aliphatic heterocycles. The third-order valence-electron chi connectivity index (χ3n) is 2.11. The maximum Gasteiger partial charge on any atom is 0.131 e. The summed E-state index contributed by atoms with van der Waals surface area (Å²) in [6, 6.07) is 7.12. The number of rotatable bonds is 5. The average molecular weight is 233 g/mol. The Morgan fingerprint density at radius 1 is 1.41 bits per heavy atom. The molecular formula is C12H15N3O2. The number of nitrogens with one attached hydrogen (secondary N) is 1. The van der Waals surface area contributed by atoms with Crippen molar-refractivity contribution in [1.29, 1.82) is 5.26 Å². The highest BCUT2D eigenvalue weighted by atomic mass is 16.5. The molecular weight excluding hydrogens is 218 g/mol. The first-order valence-electron chi connectivity index (χ1n) is 5.11. The third kappa shape index (κ3) is 3.68. The molecule has 1 atom stereocenters. The second-order valence-electron chi connectivity index (χ2n) is 3.35. The molecule has 0 radical (unpaired) electrons. The van der Waals surface area contributed by atoms with Crippen molar-refractivity contribution in [3.8, 4) is 17.6 Å². The minimum Gasteiger partial charge on any atom is -0.497 e. The summed E-state index contributed by atoms with van der Waals surface area (Å²) >= 11 is 0. The molecule has 0 spiro atoms. The Morgan fingerprint density at radius 3 is 2.76 bits per heavy atom. The van der Waals surface area contributed by atoms with Gasteiger partial charge in [0.15, 0.2) is 0 Å². The molecule has 90 valence electrons. The van der Waals surface area contributed by atoms with E-state index in [4.69, 9.17) is 14.7 Å². The summed E-state index contributed by atoms with van der Waals surface area (Å²) in [5, 5.41) is 12.5. The summed E-state index contributed by atoms with van der Waals surface area (Å²) in [5.74, 6) is 1.39. The van der Waals surface area contributed by atoms with E-state index in [1.54, 1.807) is 33.4 Å². The molecule has 0 amide bonds. The molecule has 1 N–H and O–H groups in total. The number of ether oxygens (including phenoxy) is 2. The molecule has 1 rings (SSSR count). The molecule has 0 bridgehead atoms. The molecule has 1 aromatic carbocycles. The standard InChI is InChI=1S/C12H15N3O2/c1-9(7-13)15-14-8-10-4-5-11(16-2)6-12(10)17-3/h4-6,8-9,15H,1-3H3. The van der Waals surface area contributed by atoms with E-state index in [1.807, 2.05) is 18.2 Å². The zero-order valence-electron chi connectivity index (χ0n) is 10.1. The fourth-order valence-electron chi connectivity index (χ4n) is 1.17. The zero-order chi connectivity index (χ0) is 12.7. The van der Waals surface area contributed by atoms with E-state index in [0.29, 0.717) is 5.75 Å². The van der Waals surface area contributed by atoms with Gasteiger partial charge < -0.3 is 9.47 Å². The molecule has 0 aliphatic rings. The maximum atomic E-state index is 8.57.